The standard InChI is InChI=1S/C20H23N3OS/c1-15-5-7-16(8-6-15)19(24)23(20(21)25)18-11-9-17(10-12-18)22-13-3-2-4-14-22/h5-12H,2-4,13-14H2,1H3,(H2,21,25). The zero-order chi connectivity index (χ0) is 17.8. The molecule has 5 heteroatoms. The lowest BCUT2D eigenvalue weighted by atomic mass is 10.1. The second-order valence-electron chi connectivity index (χ2n) is 6.41. The van der Waals surface area contributed by atoms with Crippen molar-refractivity contribution < 1.29 is 4.79 Å². The van der Waals surface area contributed by atoms with Crippen molar-refractivity contribution in [1.82, 2.24) is 0 Å². The fourth-order valence-corrected chi connectivity index (χ4v) is 3.32. The predicted molar refractivity (Wildman–Crippen MR) is 107 cm³/mol. The van der Waals surface area contributed by atoms with Gasteiger partial charge in [-0.1, -0.05) is 17.7 Å². The van der Waals surface area contributed by atoms with Crippen molar-refractivity contribution in [3.05, 3.63) is 59.7 Å². The van der Waals surface area contributed by atoms with E-state index in [0.717, 1.165) is 18.7 Å². The summed E-state index contributed by atoms with van der Waals surface area (Å²) < 4.78 is 0. The van der Waals surface area contributed by atoms with Crippen LogP contribution in [0.25, 0.3) is 0 Å². The number of anilines is 2. The number of hydrogen-bond donors (Lipinski definition) is 1. The molecule has 0 radical (unpaired) electrons. The van der Waals surface area contributed by atoms with Crippen LogP contribution in [0.3, 0.4) is 0 Å². The molecule has 2 aromatic rings. The fourth-order valence-electron chi connectivity index (χ4n) is 3.13. The maximum absolute atomic E-state index is 12.8. The first-order valence-corrected chi connectivity index (χ1v) is 9.02. The Bertz CT molecular complexity index is 750. The summed E-state index contributed by atoms with van der Waals surface area (Å²) in [4.78, 5) is 16.6. The van der Waals surface area contributed by atoms with Gasteiger partial charge in [-0.3, -0.25) is 9.69 Å². The SMILES string of the molecule is Cc1ccc(C(=O)N(C(N)=S)c2ccc(N3CCCCC3)cc2)cc1. The van der Waals surface area contributed by atoms with Crippen LogP contribution in [-0.2, 0) is 0 Å². The van der Waals surface area contributed by atoms with E-state index >= 15 is 0 Å². The highest BCUT2D eigenvalue weighted by Crippen LogP contribution is 2.24. The second kappa shape index (κ2) is 7.66. The van der Waals surface area contributed by atoms with Crippen LogP contribution >= 0.6 is 12.2 Å². The van der Waals surface area contributed by atoms with Gasteiger partial charge < -0.3 is 10.6 Å². The Morgan fingerprint density at radius 2 is 1.60 bits per heavy atom. The summed E-state index contributed by atoms with van der Waals surface area (Å²) in [6.07, 6.45) is 3.76. The van der Waals surface area contributed by atoms with E-state index in [-0.39, 0.29) is 11.0 Å². The first-order chi connectivity index (χ1) is 12.1. The van der Waals surface area contributed by atoms with Crippen molar-refractivity contribution in [3.63, 3.8) is 0 Å². The molecule has 1 aliphatic rings. The molecule has 0 saturated carbocycles. The van der Waals surface area contributed by atoms with Crippen LogP contribution in [-0.4, -0.2) is 24.1 Å². The van der Waals surface area contributed by atoms with E-state index in [1.165, 1.54) is 29.8 Å². The fraction of sp³-hybridized carbons (Fsp3) is 0.300. The Morgan fingerprint density at radius 1 is 1.00 bits per heavy atom. The van der Waals surface area contributed by atoms with Gasteiger partial charge in [0, 0.05) is 24.3 Å². The number of aryl methyl sites for hydroxylation is 1. The predicted octanol–water partition coefficient (Wildman–Crippen LogP) is 3.88. The van der Waals surface area contributed by atoms with Gasteiger partial charge in [0.2, 0.25) is 0 Å². The number of thiocarbonyl (C=S) groups is 1. The Labute approximate surface area is 154 Å². The molecule has 130 valence electrons. The summed E-state index contributed by atoms with van der Waals surface area (Å²) in [6, 6.07) is 15.3. The minimum atomic E-state index is -0.210. The first kappa shape index (κ1) is 17.4. The summed E-state index contributed by atoms with van der Waals surface area (Å²) in [6.45, 7) is 4.15. The third-order valence-electron chi connectivity index (χ3n) is 4.55. The molecule has 0 unspecified atom stereocenters. The highest BCUT2D eigenvalue weighted by Gasteiger charge is 2.20. The molecule has 0 aliphatic carbocycles. The molecule has 1 amide bonds. The zero-order valence-electron chi connectivity index (χ0n) is 14.4. The number of nitrogens with zero attached hydrogens (tertiary/aromatic N) is 2. The lowest BCUT2D eigenvalue weighted by molar-refractivity contribution is 0.100. The Kier molecular flexibility index (Phi) is 5.34. The van der Waals surface area contributed by atoms with Gasteiger partial charge in [-0.05, 0) is 74.8 Å². The monoisotopic (exact) mass is 353 g/mol. The topological polar surface area (TPSA) is 49.6 Å². The summed E-state index contributed by atoms with van der Waals surface area (Å²) >= 11 is 5.13. The minimum Gasteiger partial charge on any atom is -0.376 e. The molecule has 2 N–H and O–H groups in total. The van der Waals surface area contributed by atoms with Gasteiger partial charge in [0.25, 0.3) is 5.91 Å². The number of carbonyl (C=O) groups is 1. The maximum atomic E-state index is 12.8. The third kappa shape index (κ3) is 3.99. The van der Waals surface area contributed by atoms with E-state index in [9.17, 15) is 4.79 Å². The first-order valence-electron chi connectivity index (χ1n) is 8.62. The highest BCUT2D eigenvalue weighted by molar-refractivity contribution is 7.80. The minimum absolute atomic E-state index is 0.0521. The number of rotatable bonds is 3. The van der Waals surface area contributed by atoms with E-state index in [4.69, 9.17) is 18.0 Å². The molecule has 25 heavy (non-hydrogen) atoms. The zero-order valence-corrected chi connectivity index (χ0v) is 15.3. The molecular weight excluding hydrogens is 330 g/mol. The van der Waals surface area contributed by atoms with Crippen LogP contribution in [0, 0.1) is 6.92 Å². The second-order valence-corrected chi connectivity index (χ2v) is 6.83. The molecule has 0 atom stereocenters. The maximum Gasteiger partial charge on any atom is 0.264 e. The van der Waals surface area contributed by atoms with Crippen LogP contribution < -0.4 is 15.5 Å². The average Bonchev–Trinajstić information content (AvgIpc) is 2.63. The number of piperidine rings is 1. The normalized spacial score (nSPS) is 14.2. The van der Waals surface area contributed by atoms with E-state index in [0.29, 0.717) is 11.3 Å². The van der Waals surface area contributed by atoms with Crippen LogP contribution in [0.1, 0.15) is 35.2 Å². The number of carbonyl (C=O) groups excluding carboxylic acids is 1. The summed E-state index contributed by atoms with van der Waals surface area (Å²) in [5.74, 6) is -0.210. The number of nitrogens with two attached hydrogens (primary N) is 1. The van der Waals surface area contributed by atoms with Crippen molar-refractivity contribution in [2.75, 3.05) is 22.9 Å². The number of benzene rings is 2. The van der Waals surface area contributed by atoms with Gasteiger partial charge in [0.1, 0.15) is 0 Å². The molecule has 1 saturated heterocycles. The molecule has 0 aromatic heterocycles. The van der Waals surface area contributed by atoms with Crippen LogP contribution in [0.15, 0.2) is 48.5 Å². The molecule has 1 fully saturated rings. The molecule has 2 aromatic carbocycles. The third-order valence-corrected chi connectivity index (χ3v) is 4.73. The average molecular weight is 353 g/mol. The van der Waals surface area contributed by atoms with Gasteiger partial charge in [0.15, 0.2) is 5.11 Å². The van der Waals surface area contributed by atoms with E-state index in [1.807, 2.05) is 43.3 Å². The van der Waals surface area contributed by atoms with Crippen LogP contribution in [0.5, 0.6) is 0 Å². The molecule has 1 heterocycles. The Hall–Kier alpha value is -2.40. The summed E-state index contributed by atoms with van der Waals surface area (Å²) in [5, 5.41) is 0.0521. The lowest BCUT2D eigenvalue weighted by Crippen LogP contribution is -2.40. The van der Waals surface area contributed by atoms with Crippen molar-refractivity contribution in [2.24, 2.45) is 5.73 Å². The van der Waals surface area contributed by atoms with Gasteiger partial charge in [-0.15, -0.1) is 0 Å². The van der Waals surface area contributed by atoms with Crippen molar-refractivity contribution in [3.8, 4) is 0 Å². The molecular formula is C20H23N3OS. The van der Waals surface area contributed by atoms with Crippen molar-refractivity contribution in [1.29, 1.82) is 0 Å². The van der Waals surface area contributed by atoms with Crippen molar-refractivity contribution in [2.45, 2.75) is 26.2 Å². The number of hydrogen-bond acceptors (Lipinski definition) is 3. The summed E-state index contributed by atoms with van der Waals surface area (Å²) in [7, 11) is 0. The van der Waals surface area contributed by atoms with Gasteiger partial charge in [-0.2, -0.15) is 0 Å². The largest absolute Gasteiger partial charge is 0.376 e. The Balaban J connectivity index is 1.84. The van der Waals surface area contributed by atoms with Crippen LogP contribution in [0.4, 0.5) is 11.4 Å². The van der Waals surface area contributed by atoms with Crippen molar-refractivity contribution >= 4 is 34.6 Å². The molecule has 0 bridgehead atoms. The lowest BCUT2D eigenvalue weighted by Gasteiger charge is -2.29. The van der Waals surface area contributed by atoms with Gasteiger partial charge in [-0.25, -0.2) is 0 Å². The highest BCUT2D eigenvalue weighted by atomic mass is 32.1. The van der Waals surface area contributed by atoms with E-state index < -0.39 is 0 Å². The van der Waals surface area contributed by atoms with E-state index in [1.54, 1.807) is 12.1 Å². The Morgan fingerprint density at radius 3 is 2.16 bits per heavy atom. The smallest absolute Gasteiger partial charge is 0.264 e. The molecule has 0 spiro atoms. The van der Waals surface area contributed by atoms with Crippen LogP contribution in [0.2, 0.25) is 0 Å². The molecule has 1 aliphatic heterocycles. The molecule has 4 nitrogen and oxygen atoms in total. The number of amides is 1. The quantitative estimate of drug-likeness (QED) is 0.851. The molecule has 3 rings (SSSR count). The van der Waals surface area contributed by atoms with Gasteiger partial charge >= 0.3 is 0 Å². The summed E-state index contributed by atoms with van der Waals surface area (Å²) in [5.41, 5.74) is 9.38. The van der Waals surface area contributed by atoms with Gasteiger partial charge in [0.05, 0.1) is 5.69 Å². The van der Waals surface area contributed by atoms with E-state index in [2.05, 4.69) is 4.90 Å².